The van der Waals surface area contributed by atoms with Crippen molar-refractivity contribution in [2.75, 3.05) is 13.1 Å². The van der Waals surface area contributed by atoms with Crippen molar-refractivity contribution in [1.29, 1.82) is 0 Å². The van der Waals surface area contributed by atoms with Crippen LogP contribution in [-0.4, -0.2) is 29.0 Å². The predicted molar refractivity (Wildman–Crippen MR) is 96.9 cm³/mol. The number of amides is 1. The average Bonchev–Trinajstić information content (AvgIpc) is 2.85. The molecule has 1 aliphatic rings. The summed E-state index contributed by atoms with van der Waals surface area (Å²) in [4.78, 5) is 15.0. The molecule has 0 radical (unpaired) electrons. The topological polar surface area (TPSA) is 32.3 Å². The van der Waals surface area contributed by atoms with E-state index in [1.54, 1.807) is 0 Å². The maximum absolute atomic E-state index is 12.5. The van der Waals surface area contributed by atoms with Gasteiger partial charge in [0.2, 0.25) is 0 Å². The smallest absolute Gasteiger partial charge is 0.269 e. The van der Waals surface area contributed by atoms with Gasteiger partial charge >= 0.3 is 0 Å². The van der Waals surface area contributed by atoms with Gasteiger partial charge in [0.05, 0.1) is 5.02 Å². The highest BCUT2D eigenvalue weighted by Gasteiger charge is 2.22. The number of piperidine rings is 1. The van der Waals surface area contributed by atoms with Gasteiger partial charge in [-0.1, -0.05) is 36.7 Å². The van der Waals surface area contributed by atoms with E-state index in [9.17, 15) is 4.79 Å². The Labute approximate surface area is 144 Å². The van der Waals surface area contributed by atoms with Crippen LogP contribution in [0.3, 0.4) is 0 Å². The molecule has 1 aromatic carbocycles. The zero-order valence-corrected chi connectivity index (χ0v) is 14.7. The van der Waals surface area contributed by atoms with E-state index in [2.05, 4.69) is 17.1 Å². The Hall–Kier alpha value is -1.17. The number of hydrogen-bond donors (Lipinski definition) is 1. The minimum Gasteiger partial charge on any atom is -0.349 e. The molecule has 3 rings (SSSR count). The maximum Gasteiger partial charge on any atom is 0.269 e. The number of thiophene rings is 1. The highest BCUT2D eigenvalue weighted by molar-refractivity contribution is 7.80. The first-order chi connectivity index (χ1) is 10.6. The highest BCUT2D eigenvalue weighted by Crippen LogP contribution is 2.35. The molecular weight excluding hydrogens is 336 g/mol. The number of hydrogen-bond acceptors (Lipinski definition) is 3. The van der Waals surface area contributed by atoms with Crippen LogP contribution < -0.4 is 5.32 Å². The first-order valence-corrected chi connectivity index (χ1v) is 8.94. The van der Waals surface area contributed by atoms with E-state index in [1.807, 2.05) is 24.3 Å². The van der Waals surface area contributed by atoms with Crippen molar-refractivity contribution in [3.63, 3.8) is 0 Å². The summed E-state index contributed by atoms with van der Waals surface area (Å²) in [5.74, 6) is 0.515. The predicted octanol–water partition coefficient (Wildman–Crippen LogP) is 4.30. The lowest BCUT2D eigenvalue weighted by Crippen LogP contribution is -2.45. The molecule has 1 aromatic heterocycles. The molecule has 0 atom stereocenters. The molecule has 1 fully saturated rings. The van der Waals surface area contributed by atoms with Gasteiger partial charge in [-0.05, 0) is 37.0 Å². The Morgan fingerprint density at radius 3 is 2.73 bits per heavy atom. The van der Waals surface area contributed by atoms with Crippen molar-refractivity contribution in [1.82, 2.24) is 10.2 Å². The molecule has 2 aromatic rings. The fraction of sp³-hybridized carbons (Fsp3) is 0.375. The molecule has 0 saturated carbocycles. The summed E-state index contributed by atoms with van der Waals surface area (Å²) in [5, 5.41) is 4.75. The Balaban J connectivity index is 1.73. The van der Waals surface area contributed by atoms with Gasteiger partial charge in [0.1, 0.15) is 4.88 Å². The van der Waals surface area contributed by atoms with Gasteiger partial charge in [0.15, 0.2) is 5.11 Å². The second-order valence-corrected chi connectivity index (χ2v) is 7.49. The number of thiocarbonyl (C=S) groups is 1. The second-order valence-electron chi connectivity index (χ2n) is 5.67. The lowest BCUT2D eigenvalue weighted by atomic mass is 10.00. The van der Waals surface area contributed by atoms with E-state index in [0.29, 0.717) is 15.0 Å². The van der Waals surface area contributed by atoms with Crippen LogP contribution in [0.15, 0.2) is 24.3 Å². The van der Waals surface area contributed by atoms with Crippen LogP contribution in [0, 0.1) is 5.92 Å². The van der Waals surface area contributed by atoms with Crippen LogP contribution in [0.2, 0.25) is 5.02 Å². The molecule has 116 valence electrons. The molecule has 1 saturated heterocycles. The quantitative estimate of drug-likeness (QED) is 0.776. The van der Waals surface area contributed by atoms with Crippen molar-refractivity contribution in [3.05, 3.63) is 34.2 Å². The number of carbonyl (C=O) groups is 1. The number of nitrogens with zero attached hydrogens (tertiary/aromatic N) is 1. The molecule has 6 heteroatoms. The van der Waals surface area contributed by atoms with Gasteiger partial charge in [-0.15, -0.1) is 11.3 Å². The third-order valence-electron chi connectivity index (χ3n) is 4.03. The summed E-state index contributed by atoms with van der Waals surface area (Å²) in [6.45, 7) is 4.05. The Kier molecular flexibility index (Phi) is 4.66. The largest absolute Gasteiger partial charge is 0.349 e. The second kappa shape index (κ2) is 6.52. The first-order valence-electron chi connectivity index (χ1n) is 7.33. The molecule has 0 spiro atoms. The molecule has 1 aliphatic heterocycles. The summed E-state index contributed by atoms with van der Waals surface area (Å²) in [7, 11) is 0. The maximum atomic E-state index is 12.5. The van der Waals surface area contributed by atoms with E-state index < -0.39 is 0 Å². The van der Waals surface area contributed by atoms with Gasteiger partial charge in [0.25, 0.3) is 5.91 Å². The van der Waals surface area contributed by atoms with Gasteiger partial charge in [-0.3, -0.25) is 10.1 Å². The zero-order chi connectivity index (χ0) is 15.7. The standard InChI is InChI=1S/C16H17ClN2OS2/c1-10-6-8-19(9-7-10)16(21)18-15(20)14-13(17)11-4-2-3-5-12(11)22-14/h2-5,10H,6-9H2,1H3,(H,18,20,21). The molecule has 1 N–H and O–H groups in total. The van der Waals surface area contributed by atoms with Gasteiger partial charge in [-0.2, -0.15) is 0 Å². The van der Waals surface area contributed by atoms with Crippen LogP contribution in [0.4, 0.5) is 0 Å². The SMILES string of the molecule is CC1CCN(C(=S)NC(=O)c2sc3ccccc3c2Cl)CC1. The lowest BCUT2D eigenvalue weighted by molar-refractivity contribution is 0.0976. The van der Waals surface area contributed by atoms with Crippen LogP contribution in [-0.2, 0) is 0 Å². The van der Waals surface area contributed by atoms with Crippen molar-refractivity contribution < 1.29 is 4.79 Å². The number of fused-ring (bicyclic) bond motifs is 1. The Bertz CT molecular complexity index is 720. The summed E-state index contributed by atoms with van der Waals surface area (Å²) in [6, 6.07) is 7.75. The monoisotopic (exact) mass is 352 g/mol. The van der Waals surface area contributed by atoms with E-state index >= 15 is 0 Å². The fourth-order valence-electron chi connectivity index (χ4n) is 2.60. The highest BCUT2D eigenvalue weighted by atomic mass is 35.5. The van der Waals surface area contributed by atoms with Crippen LogP contribution >= 0.6 is 35.2 Å². The number of rotatable bonds is 1. The average molecular weight is 353 g/mol. The molecule has 0 aliphatic carbocycles. The Morgan fingerprint density at radius 2 is 2.05 bits per heavy atom. The molecule has 1 amide bonds. The molecule has 22 heavy (non-hydrogen) atoms. The van der Waals surface area contributed by atoms with Gasteiger partial charge in [-0.25, -0.2) is 0 Å². The van der Waals surface area contributed by atoms with Gasteiger partial charge in [0, 0.05) is 23.2 Å². The minimum absolute atomic E-state index is 0.213. The van der Waals surface area contributed by atoms with E-state index in [1.165, 1.54) is 11.3 Å². The lowest BCUT2D eigenvalue weighted by Gasteiger charge is -2.32. The van der Waals surface area contributed by atoms with Crippen LogP contribution in [0.1, 0.15) is 29.4 Å². The van der Waals surface area contributed by atoms with Crippen LogP contribution in [0.5, 0.6) is 0 Å². The van der Waals surface area contributed by atoms with Crippen molar-refractivity contribution in [2.24, 2.45) is 5.92 Å². The molecule has 2 heterocycles. The molecular formula is C16H17ClN2OS2. The summed E-state index contributed by atoms with van der Waals surface area (Å²) < 4.78 is 1.01. The minimum atomic E-state index is -0.213. The fourth-order valence-corrected chi connectivity index (χ4v) is 4.29. The summed E-state index contributed by atoms with van der Waals surface area (Å²) in [5.41, 5.74) is 0. The van der Waals surface area contributed by atoms with Crippen LogP contribution in [0.25, 0.3) is 10.1 Å². The molecule has 0 bridgehead atoms. The number of carbonyl (C=O) groups excluding carboxylic acids is 1. The number of halogens is 1. The molecule has 3 nitrogen and oxygen atoms in total. The normalized spacial score (nSPS) is 16.0. The summed E-state index contributed by atoms with van der Waals surface area (Å²) >= 11 is 13.1. The van der Waals surface area contributed by atoms with Crippen molar-refractivity contribution >= 4 is 56.3 Å². The summed E-state index contributed by atoms with van der Waals surface area (Å²) in [6.07, 6.45) is 2.22. The third-order valence-corrected chi connectivity index (χ3v) is 6.07. The van der Waals surface area contributed by atoms with E-state index in [4.69, 9.17) is 23.8 Å². The van der Waals surface area contributed by atoms with Crippen molar-refractivity contribution in [2.45, 2.75) is 19.8 Å². The van der Waals surface area contributed by atoms with E-state index in [0.717, 1.165) is 41.9 Å². The third kappa shape index (κ3) is 3.12. The first kappa shape index (κ1) is 15.7. The number of likely N-dealkylation sites (tertiary alicyclic amines) is 1. The number of nitrogens with one attached hydrogen (secondary N) is 1. The van der Waals surface area contributed by atoms with E-state index in [-0.39, 0.29) is 5.91 Å². The van der Waals surface area contributed by atoms with Gasteiger partial charge < -0.3 is 4.90 Å². The molecule has 0 unspecified atom stereocenters. The Morgan fingerprint density at radius 1 is 1.36 bits per heavy atom. The number of benzene rings is 1. The zero-order valence-electron chi connectivity index (χ0n) is 12.3. The van der Waals surface area contributed by atoms with Crippen molar-refractivity contribution in [3.8, 4) is 0 Å².